The van der Waals surface area contributed by atoms with Crippen molar-refractivity contribution < 1.29 is 36.1 Å². The Bertz CT molecular complexity index is 582. The molecule has 22 heavy (non-hydrogen) atoms. The van der Waals surface area contributed by atoms with Crippen molar-refractivity contribution in [3.63, 3.8) is 0 Å². The molecule has 0 amide bonds. The van der Waals surface area contributed by atoms with E-state index in [9.17, 15) is 21.6 Å². The number of hydrogen-bond donors (Lipinski definition) is 2. The zero-order chi connectivity index (χ0) is 17.4. The van der Waals surface area contributed by atoms with Gasteiger partial charge in [-0.2, -0.15) is 21.6 Å². The zero-order valence-electron chi connectivity index (χ0n) is 11.8. The highest BCUT2D eigenvalue weighted by atomic mass is 32.2. The normalized spacial score (nSPS) is 12.5. The van der Waals surface area contributed by atoms with E-state index in [1.807, 2.05) is 0 Å². The van der Waals surface area contributed by atoms with E-state index < -0.39 is 22.0 Å². The minimum atomic E-state index is -4.63. The van der Waals surface area contributed by atoms with Crippen molar-refractivity contribution in [3.05, 3.63) is 35.4 Å². The summed E-state index contributed by atoms with van der Waals surface area (Å²) in [5.41, 5.74) is -0.587. The number of ether oxygens (including phenoxy) is 1. The lowest BCUT2D eigenvalue weighted by atomic mass is 10.1. The van der Waals surface area contributed by atoms with E-state index in [-0.39, 0.29) is 17.9 Å². The lowest BCUT2D eigenvalue weighted by Crippen LogP contribution is -2.23. The van der Waals surface area contributed by atoms with Crippen LogP contribution in [0, 0.1) is 6.92 Å². The number of methoxy groups -OCH3 is 1. The van der Waals surface area contributed by atoms with Gasteiger partial charge in [0.05, 0.1) is 12.4 Å². The van der Waals surface area contributed by atoms with E-state index in [2.05, 4.69) is 9.89 Å². The van der Waals surface area contributed by atoms with E-state index in [0.717, 1.165) is 5.56 Å². The van der Waals surface area contributed by atoms with Crippen LogP contribution < -0.4 is 0 Å². The quantitative estimate of drug-likeness (QED) is 0.378. The fourth-order valence-corrected chi connectivity index (χ4v) is 1.56. The predicted molar refractivity (Wildman–Crippen MR) is 73.8 cm³/mol. The number of aryl methyl sites for hydroxylation is 1. The molecule has 0 spiro atoms. The highest BCUT2D eigenvalue weighted by Gasteiger charge is 2.37. The molecule has 0 saturated heterocycles. The molecule has 0 saturated carbocycles. The molecule has 0 fully saturated rings. The second-order valence-corrected chi connectivity index (χ2v) is 5.66. The van der Waals surface area contributed by atoms with Crippen LogP contribution in [0.25, 0.3) is 0 Å². The molecule has 2 N–H and O–H groups in total. The van der Waals surface area contributed by atoms with Crippen molar-refractivity contribution in [2.24, 2.45) is 5.16 Å². The van der Waals surface area contributed by atoms with Gasteiger partial charge in [-0.1, -0.05) is 35.0 Å². The van der Waals surface area contributed by atoms with Crippen LogP contribution in [-0.2, 0) is 14.9 Å². The minimum Gasteiger partial charge on any atom is -0.410 e. The molecule has 0 aliphatic heterocycles. The molecule has 0 radical (unpaired) electrons. The van der Waals surface area contributed by atoms with Crippen molar-refractivity contribution >= 4 is 15.8 Å². The summed E-state index contributed by atoms with van der Waals surface area (Å²) in [6.07, 6.45) is -4.63. The highest BCUT2D eigenvalue weighted by Crippen LogP contribution is 2.22. The second kappa shape index (κ2) is 8.71. The fraction of sp³-hybridized carbons (Fsp3) is 0.417. The first-order chi connectivity index (χ1) is 10.0. The average Bonchev–Trinajstić information content (AvgIpc) is 2.38. The molecule has 126 valence electrons. The van der Waals surface area contributed by atoms with E-state index in [0.29, 0.717) is 0 Å². The van der Waals surface area contributed by atoms with Gasteiger partial charge in [0.1, 0.15) is 0 Å². The summed E-state index contributed by atoms with van der Waals surface area (Å²) in [5, 5.41) is 10.5. The van der Waals surface area contributed by atoms with Crippen molar-refractivity contribution in [2.75, 3.05) is 19.5 Å². The summed E-state index contributed by atoms with van der Waals surface area (Å²) in [6.45, 7) is 1.80. The van der Waals surface area contributed by atoms with Crippen LogP contribution in [0.15, 0.2) is 29.4 Å². The third-order valence-electron chi connectivity index (χ3n) is 2.24. The predicted octanol–water partition coefficient (Wildman–Crippen LogP) is 2.26. The Morgan fingerprint density at radius 2 is 1.77 bits per heavy atom. The van der Waals surface area contributed by atoms with Crippen molar-refractivity contribution in [1.29, 1.82) is 0 Å². The van der Waals surface area contributed by atoms with Crippen molar-refractivity contribution in [1.82, 2.24) is 0 Å². The van der Waals surface area contributed by atoms with Crippen LogP contribution in [-0.4, -0.2) is 49.5 Å². The van der Waals surface area contributed by atoms with Gasteiger partial charge in [0.25, 0.3) is 10.1 Å². The standard InChI is InChI=1S/C9H8F3NO.C3H8O4S/c1-6-2-4-7(5-3-6)8(13-14)9(10,11)12;1-7-2-3-8(4,5)6/h2-5,14H,1H3;2-3H2,1H3,(H,4,5,6). The average molecular weight is 343 g/mol. The van der Waals surface area contributed by atoms with Gasteiger partial charge in [0, 0.05) is 12.7 Å². The van der Waals surface area contributed by atoms with Crippen molar-refractivity contribution in [2.45, 2.75) is 13.1 Å². The molecule has 0 heterocycles. The molecular formula is C12H16F3NO5S. The SMILES string of the molecule is COCCS(=O)(=O)O.Cc1ccc(C(=NO)C(F)(F)F)cc1. The van der Waals surface area contributed by atoms with Gasteiger partial charge in [-0.15, -0.1) is 0 Å². The molecular weight excluding hydrogens is 327 g/mol. The lowest BCUT2D eigenvalue weighted by Gasteiger charge is -2.08. The van der Waals surface area contributed by atoms with Gasteiger partial charge in [0.15, 0.2) is 5.71 Å². The smallest absolute Gasteiger partial charge is 0.410 e. The number of halogens is 3. The van der Waals surface area contributed by atoms with Gasteiger partial charge in [0.2, 0.25) is 0 Å². The first-order valence-electron chi connectivity index (χ1n) is 5.81. The fourth-order valence-electron chi connectivity index (χ4n) is 1.18. The topological polar surface area (TPSA) is 96.2 Å². The maximum absolute atomic E-state index is 12.2. The van der Waals surface area contributed by atoms with Crippen LogP contribution in [0.4, 0.5) is 13.2 Å². The highest BCUT2D eigenvalue weighted by molar-refractivity contribution is 7.85. The molecule has 1 aromatic carbocycles. The molecule has 0 aliphatic carbocycles. The van der Waals surface area contributed by atoms with Gasteiger partial charge >= 0.3 is 6.18 Å². The van der Waals surface area contributed by atoms with Gasteiger partial charge in [-0.25, -0.2) is 0 Å². The van der Waals surface area contributed by atoms with Crippen LogP contribution in [0.3, 0.4) is 0 Å². The largest absolute Gasteiger partial charge is 0.437 e. The molecule has 0 aromatic heterocycles. The summed E-state index contributed by atoms with van der Waals surface area (Å²) in [4.78, 5) is 0. The molecule has 0 bridgehead atoms. The monoisotopic (exact) mass is 343 g/mol. The Morgan fingerprint density at radius 3 is 2.05 bits per heavy atom. The van der Waals surface area contributed by atoms with Crippen molar-refractivity contribution in [3.8, 4) is 0 Å². The number of benzene rings is 1. The Kier molecular flexibility index (Phi) is 8.06. The summed E-state index contributed by atoms with van der Waals surface area (Å²) in [7, 11) is -2.45. The third-order valence-corrected chi connectivity index (χ3v) is 2.92. The van der Waals surface area contributed by atoms with Gasteiger partial charge in [-0.3, -0.25) is 4.55 Å². The summed E-state index contributed by atoms with van der Waals surface area (Å²) in [6, 6.07) is 5.56. The lowest BCUT2D eigenvalue weighted by molar-refractivity contribution is -0.0601. The summed E-state index contributed by atoms with van der Waals surface area (Å²) in [5.74, 6) is -0.330. The Morgan fingerprint density at radius 1 is 1.27 bits per heavy atom. The molecule has 0 aliphatic rings. The van der Waals surface area contributed by atoms with E-state index >= 15 is 0 Å². The third kappa shape index (κ3) is 8.60. The number of oxime groups is 1. The summed E-state index contributed by atoms with van der Waals surface area (Å²) < 4.78 is 68.8. The molecule has 6 nitrogen and oxygen atoms in total. The summed E-state index contributed by atoms with van der Waals surface area (Å²) >= 11 is 0. The van der Waals surface area contributed by atoms with E-state index in [4.69, 9.17) is 9.76 Å². The number of alkyl halides is 3. The Hall–Kier alpha value is -1.65. The Labute approximate surface area is 126 Å². The van der Waals surface area contributed by atoms with Crippen LogP contribution >= 0.6 is 0 Å². The number of rotatable bonds is 4. The maximum Gasteiger partial charge on any atom is 0.437 e. The zero-order valence-corrected chi connectivity index (χ0v) is 12.6. The first-order valence-corrected chi connectivity index (χ1v) is 7.42. The van der Waals surface area contributed by atoms with Gasteiger partial charge < -0.3 is 9.94 Å². The molecule has 10 heteroatoms. The van der Waals surface area contributed by atoms with Gasteiger partial charge in [-0.05, 0) is 6.92 Å². The molecule has 0 unspecified atom stereocenters. The number of nitrogens with zero attached hydrogens (tertiary/aromatic N) is 1. The molecule has 0 atom stereocenters. The maximum atomic E-state index is 12.2. The Balaban J connectivity index is 0.000000472. The molecule has 1 rings (SSSR count). The van der Waals surface area contributed by atoms with E-state index in [1.165, 1.54) is 31.4 Å². The van der Waals surface area contributed by atoms with E-state index in [1.54, 1.807) is 6.92 Å². The first kappa shape index (κ1) is 20.3. The molecule has 1 aromatic rings. The number of hydrogen-bond acceptors (Lipinski definition) is 5. The van der Waals surface area contributed by atoms with Crippen LogP contribution in [0.2, 0.25) is 0 Å². The van der Waals surface area contributed by atoms with Crippen LogP contribution in [0.1, 0.15) is 11.1 Å². The second-order valence-electron chi connectivity index (χ2n) is 4.09. The van der Waals surface area contributed by atoms with Crippen LogP contribution in [0.5, 0.6) is 0 Å². The minimum absolute atomic E-state index is 0.0405.